The van der Waals surface area contributed by atoms with E-state index >= 15 is 0 Å². The van der Waals surface area contributed by atoms with Crippen molar-refractivity contribution in [2.75, 3.05) is 11.4 Å². The van der Waals surface area contributed by atoms with E-state index in [2.05, 4.69) is 0 Å². The molecule has 0 unspecified atom stereocenters. The van der Waals surface area contributed by atoms with Crippen LogP contribution in [0.4, 0.5) is 10.5 Å². The van der Waals surface area contributed by atoms with Crippen molar-refractivity contribution in [3.63, 3.8) is 0 Å². The number of fused-ring (bicyclic) bond motifs is 1. The van der Waals surface area contributed by atoms with E-state index in [1.165, 1.54) is 22.1 Å². The molecule has 0 aliphatic carbocycles. The first kappa shape index (κ1) is 14.6. The number of benzene rings is 1. The third kappa shape index (κ3) is 2.16. The van der Waals surface area contributed by atoms with E-state index in [1.54, 1.807) is 41.8 Å². The molecule has 0 fully saturated rings. The molecule has 2 heterocycles. The first-order valence-corrected chi connectivity index (χ1v) is 8.67. The van der Waals surface area contributed by atoms with Crippen LogP contribution in [0.25, 0.3) is 10.9 Å². The highest BCUT2D eigenvalue weighted by Gasteiger charge is 2.25. The second-order valence-electron chi connectivity index (χ2n) is 4.64. The first-order valence-electron chi connectivity index (χ1n) is 6.35. The second kappa shape index (κ2) is 5.15. The van der Waals surface area contributed by atoms with Crippen LogP contribution >= 0.6 is 11.3 Å². The maximum absolute atomic E-state index is 12.7. The Balaban J connectivity index is 2.22. The van der Waals surface area contributed by atoms with Gasteiger partial charge in [-0.25, -0.2) is 13.2 Å². The van der Waals surface area contributed by atoms with Crippen molar-refractivity contribution in [1.82, 2.24) is 4.57 Å². The van der Waals surface area contributed by atoms with Crippen LogP contribution in [0, 0.1) is 0 Å². The number of rotatable bonds is 3. The highest BCUT2D eigenvalue weighted by molar-refractivity contribution is 7.94. The third-order valence-corrected chi connectivity index (χ3v) is 6.52. The zero-order valence-corrected chi connectivity index (χ0v) is 13.3. The van der Waals surface area contributed by atoms with Crippen LogP contribution in [0.15, 0.2) is 52.2 Å². The van der Waals surface area contributed by atoms with Crippen LogP contribution in [-0.4, -0.2) is 26.1 Å². The number of nitrogens with zero attached hydrogens (tertiary/aromatic N) is 2. The molecule has 2 N–H and O–H groups in total. The molecule has 2 aromatic heterocycles. The van der Waals surface area contributed by atoms with Gasteiger partial charge in [-0.1, -0.05) is 18.2 Å². The molecule has 0 aliphatic heterocycles. The van der Waals surface area contributed by atoms with Crippen LogP contribution in [0.1, 0.15) is 0 Å². The summed E-state index contributed by atoms with van der Waals surface area (Å²) < 4.78 is 28.0. The van der Waals surface area contributed by atoms with E-state index in [0.717, 1.165) is 16.7 Å². The number of para-hydroxylation sites is 1. The topological polar surface area (TPSA) is 85.4 Å². The Morgan fingerprint density at radius 2 is 2.00 bits per heavy atom. The summed E-state index contributed by atoms with van der Waals surface area (Å²) in [5, 5.41) is 2.44. The van der Waals surface area contributed by atoms with Gasteiger partial charge in [0.2, 0.25) is 0 Å². The van der Waals surface area contributed by atoms with Crippen molar-refractivity contribution in [3.8, 4) is 0 Å². The number of thiophene rings is 1. The molecule has 0 saturated carbocycles. The fraction of sp³-hybridized carbons (Fsp3) is 0.0714. The van der Waals surface area contributed by atoms with Gasteiger partial charge >= 0.3 is 6.03 Å². The smallest absolute Gasteiger partial charge is 0.323 e. The Labute approximate surface area is 131 Å². The van der Waals surface area contributed by atoms with Crippen molar-refractivity contribution in [3.05, 3.63) is 48.0 Å². The summed E-state index contributed by atoms with van der Waals surface area (Å²) in [4.78, 5) is 11.5. The van der Waals surface area contributed by atoms with Gasteiger partial charge in [-0.05, 0) is 23.6 Å². The average molecular weight is 335 g/mol. The van der Waals surface area contributed by atoms with E-state index in [4.69, 9.17) is 5.73 Å². The molecule has 6 nitrogen and oxygen atoms in total. The lowest BCUT2D eigenvalue weighted by Gasteiger charge is -2.20. The molecule has 0 atom stereocenters. The van der Waals surface area contributed by atoms with Gasteiger partial charge in [-0.2, -0.15) is 0 Å². The predicted octanol–water partition coefficient (Wildman–Crippen LogP) is 2.45. The quantitative estimate of drug-likeness (QED) is 0.798. The van der Waals surface area contributed by atoms with Crippen LogP contribution in [0.3, 0.4) is 0 Å². The van der Waals surface area contributed by atoms with Crippen molar-refractivity contribution in [2.45, 2.75) is 4.21 Å². The first-order chi connectivity index (χ1) is 10.4. The Morgan fingerprint density at radius 3 is 2.64 bits per heavy atom. The minimum Gasteiger partial charge on any atom is -0.351 e. The summed E-state index contributed by atoms with van der Waals surface area (Å²) in [6, 6.07) is 9.46. The van der Waals surface area contributed by atoms with Gasteiger partial charge in [-0.3, -0.25) is 8.87 Å². The third-order valence-electron chi connectivity index (χ3n) is 3.38. The zero-order valence-electron chi connectivity index (χ0n) is 11.6. The van der Waals surface area contributed by atoms with Gasteiger partial charge in [0.1, 0.15) is 4.21 Å². The molecule has 0 saturated heterocycles. The van der Waals surface area contributed by atoms with Crippen LogP contribution < -0.4 is 10.0 Å². The lowest BCUT2D eigenvalue weighted by Crippen LogP contribution is -2.27. The predicted molar refractivity (Wildman–Crippen MR) is 86.8 cm³/mol. The molecule has 1 aromatic carbocycles. The molecule has 114 valence electrons. The lowest BCUT2D eigenvalue weighted by atomic mass is 10.2. The molecule has 3 rings (SSSR count). The number of primary amides is 1. The highest BCUT2D eigenvalue weighted by Crippen LogP contribution is 2.31. The Morgan fingerprint density at radius 1 is 1.23 bits per heavy atom. The summed E-state index contributed by atoms with van der Waals surface area (Å²) in [5.74, 6) is 0. The van der Waals surface area contributed by atoms with Gasteiger partial charge in [0, 0.05) is 18.6 Å². The number of anilines is 1. The van der Waals surface area contributed by atoms with E-state index in [1.807, 2.05) is 0 Å². The zero-order chi connectivity index (χ0) is 15.9. The van der Waals surface area contributed by atoms with Gasteiger partial charge in [0.25, 0.3) is 10.0 Å². The van der Waals surface area contributed by atoms with E-state index in [0.29, 0.717) is 11.2 Å². The molecular formula is C14H13N3O3S2. The maximum Gasteiger partial charge on any atom is 0.323 e. The standard InChI is InChI=1S/C14H13N3O3S2/c1-16(22(19,20)12-6-3-9-21-12)11-5-2-4-10-7-8-17(13(10)11)14(15)18/h2-9H,1H3,(H2,15,18). The molecule has 0 radical (unpaired) electrons. The number of nitrogens with two attached hydrogens (primary N) is 1. The molecule has 0 bridgehead atoms. The second-order valence-corrected chi connectivity index (χ2v) is 7.79. The molecular weight excluding hydrogens is 322 g/mol. The number of carbonyl (C=O) groups is 1. The summed E-state index contributed by atoms with van der Waals surface area (Å²) in [6.07, 6.45) is 1.53. The molecule has 3 aromatic rings. The summed E-state index contributed by atoms with van der Waals surface area (Å²) in [7, 11) is -2.21. The fourth-order valence-electron chi connectivity index (χ4n) is 2.29. The minimum atomic E-state index is -3.67. The van der Waals surface area contributed by atoms with Gasteiger partial charge < -0.3 is 5.73 Å². The van der Waals surface area contributed by atoms with Crippen LogP contribution in [0.5, 0.6) is 0 Å². The summed E-state index contributed by atoms with van der Waals surface area (Å²) in [5.41, 5.74) is 6.22. The molecule has 1 amide bonds. The Kier molecular flexibility index (Phi) is 3.42. The fourth-order valence-corrected chi connectivity index (χ4v) is 4.65. The molecule has 0 aliphatic rings. The van der Waals surface area contributed by atoms with E-state index in [9.17, 15) is 13.2 Å². The van der Waals surface area contributed by atoms with Gasteiger partial charge in [-0.15, -0.1) is 11.3 Å². The number of sulfonamides is 1. The van der Waals surface area contributed by atoms with Gasteiger partial charge in [0.15, 0.2) is 0 Å². The monoisotopic (exact) mass is 335 g/mol. The number of aromatic nitrogens is 1. The maximum atomic E-state index is 12.7. The number of carbonyl (C=O) groups excluding carboxylic acids is 1. The SMILES string of the molecule is CN(c1cccc2ccn(C(N)=O)c12)S(=O)(=O)c1cccs1. The lowest BCUT2D eigenvalue weighted by molar-refractivity contribution is 0.251. The largest absolute Gasteiger partial charge is 0.351 e. The van der Waals surface area contributed by atoms with E-state index < -0.39 is 16.1 Å². The van der Waals surface area contributed by atoms with Crippen molar-refractivity contribution in [1.29, 1.82) is 0 Å². The van der Waals surface area contributed by atoms with Crippen LogP contribution in [0.2, 0.25) is 0 Å². The van der Waals surface area contributed by atoms with Gasteiger partial charge in [0.05, 0.1) is 11.2 Å². The number of hydrogen-bond donors (Lipinski definition) is 1. The average Bonchev–Trinajstić information content (AvgIpc) is 3.15. The molecule has 0 spiro atoms. The molecule has 22 heavy (non-hydrogen) atoms. The normalized spacial score (nSPS) is 11.7. The molecule has 8 heteroatoms. The number of amides is 1. The Bertz CT molecular complexity index is 943. The van der Waals surface area contributed by atoms with Crippen molar-refractivity contribution >= 4 is 44.0 Å². The van der Waals surface area contributed by atoms with Crippen LogP contribution in [-0.2, 0) is 10.0 Å². The van der Waals surface area contributed by atoms with Crippen molar-refractivity contribution < 1.29 is 13.2 Å². The minimum absolute atomic E-state index is 0.240. The van der Waals surface area contributed by atoms with E-state index in [-0.39, 0.29) is 4.21 Å². The summed E-state index contributed by atoms with van der Waals surface area (Å²) >= 11 is 1.14. The Hall–Kier alpha value is -2.32. The van der Waals surface area contributed by atoms with Crippen molar-refractivity contribution in [2.24, 2.45) is 5.73 Å². The highest BCUT2D eigenvalue weighted by atomic mass is 32.2. The number of hydrogen-bond acceptors (Lipinski definition) is 4. The summed E-state index contributed by atoms with van der Waals surface area (Å²) in [6.45, 7) is 0.